The fourth-order valence-electron chi connectivity index (χ4n) is 2.18. The molecule has 2 aromatic rings. The van der Waals surface area contributed by atoms with Gasteiger partial charge in [0.2, 0.25) is 0 Å². The van der Waals surface area contributed by atoms with Crippen LogP contribution in [0.3, 0.4) is 0 Å². The number of rotatable bonds is 5. The predicted molar refractivity (Wildman–Crippen MR) is 78.6 cm³/mol. The number of hydrogen-bond donors (Lipinski definition) is 0. The van der Waals surface area contributed by atoms with E-state index in [1.807, 2.05) is 55.5 Å². The normalized spacial score (nSPS) is 13.1. The summed E-state index contributed by atoms with van der Waals surface area (Å²) in [6.07, 6.45) is 0. The smallest absolute Gasteiger partial charge is 0.173 e. The van der Waals surface area contributed by atoms with Gasteiger partial charge in [0.1, 0.15) is 0 Å². The zero-order valence-corrected chi connectivity index (χ0v) is 11.2. The average molecular weight is 265 g/mol. The molecule has 0 aliphatic heterocycles. The SMILES string of the molecule is CC(CN=[N+]=[N-])(C(=O)c1ccccc1)c1ccccc1. The van der Waals surface area contributed by atoms with Crippen LogP contribution in [-0.4, -0.2) is 12.3 Å². The van der Waals surface area contributed by atoms with Crippen LogP contribution in [0.5, 0.6) is 0 Å². The minimum absolute atomic E-state index is 0.0447. The molecule has 0 N–H and O–H groups in total. The maximum atomic E-state index is 12.8. The summed E-state index contributed by atoms with van der Waals surface area (Å²) in [7, 11) is 0. The van der Waals surface area contributed by atoms with Gasteiger partial charge in [0.25, 0.3) is 0 Å². The molecule has 2 rings (SSSR count). The molecule has 20 heavy (non-hydrogen) atoms. The van der Waals surface area contributed by atoms with E-state index in [1.54, 1.807) is 12.1 Å². The fourth-order valence-corrected chi connectivity index (χ4v) is 2.18. The highest BCUT2D eigenvalue weighted by Crippen LogP contribution is 2.28. The Kier molecular flexibility index (Phi) is 4.18. The van der Waals surface area contributed by atoms with E-state index in [-0.39, 0.29) is 12.3 Å². The number of nitrogens with zero attached hydrogens (tertiary/aromatic N) is 3. The number of hydrogen-bond acceptors (Lipinski definition) is 2. The third-order valence-electron chi connectivity index (χ3n) is 3.40. The molecule has 1 atom stereocenters. The minimum Gasteiger partial charge on any atom is -0.293 e. The zero-order chi connectivity index (χ0) is 14.4. The molecule has 0 aromatic heterocycles. The zero-order valence-electron chi connectivity index (χ0n) is 11.2. The lowest BCUT2D eigenvalue weighted by Gasteiger charge is -2.27. The highest BCUT2D eigenvalue weighted by molar-refractivity contribution is 6.04. The van der Waals surface area contributed by atoms with Crippen molar-refractivity contribution in [2.75, 3.05) is 6.54 Å². The van der Waals surface area contributed by atoms with E-state index in [0.29, 0.717) is 5.56 Å². The molecule has 0 heterocycles. The van der Waals surface area contributed by atoms with Gasteiger partial charge in [-0.3, -0.25) is 4.79 Å². The van der Waals surface area contributed by atoms with E-state index in [2.05, 4.69) is 10.0 Å². The van der Waals surface area contributed by atoms with Gasteiger partial charge in [0, 0.05) is 17.0 Å². The Bertz CT molecular complexity index is 633. The van der Waals surface area contributed by atoms with Gasteiger partial charge in [-0.05, 0) is 18.0 Å². The van der Waals surface area contributed by atoms with E-state index in [4.69, 9.17) is 5.53 Å². The van der Waals surface area contributed by atoms with Crippen LogP contribution in [0, 0.1) is 0 Å². The van der Waals surface area contributed by atoms with Crippen molar-refractivity contribution in [3.05, 3.63) is 82.2 Å². The molecular formula is C16H15N3O. The standard InChI is InChI=1S/C16H15N3O/c1-16(12-18-19-17,14-10-6-3-7-11-14)15(20)13-8-4-2-5-9-13/h2-11H,12H2,1H3. The minimum atomic E-state index is -0.852. The fraction of sp³-hybridized carbons (Fsp3) is 0.188. The number of Topliss-reactive ketones (excluding diaryl/α,β-unsaturated/α-hetero) is 1. The number of carbonyl (C=O) groups is 1. The monoisotopic (exact) mass is 265 g/mol. The second kappa shape index (κ2) is 6.04. The summed E-state index contributed by atoms with van der Waals surface area (Å²) in [5, 5.41) is 3.63. The molecule has 0 aliphatic carbocycles. The molecule has 0 bridgehead atoms. The average Bonchev–Trinajstić information content (AvgIpc) is 2.53. The van der Waals surface area contributed by atoms with Gasteiger partial charge in [-0.1, -0.05) is 65.8 Å². The molecule has 4 nitrogen and oxygen atoms in total. The van der Waals surface area contributed by atoms with Crippen LogP contribution in [0.15, 0.2) is 65.8 Å². The van der Waals surface area contributed by atoms with Gasteiger partial charge in [-0.25, -0.2) is 0 Å². The largest absolute Gasteiger partial charge is 0.293 e. The van der Waals surface area contributed by atoms with Gasteiger partial charge in [-0.2, -0.15) is 0 Å². The first kappa shape index (κ1) is 13.8. The lowest BCUT2D eigenvalue weighted by atomic mass is 9.76. The summed E-state index contributed by atoms with van der Waals surface area (Å²) >= 11 is 0. The summed E-state index contributed by atoms with van der Waals surface area (Å²) in [5.41, 5.74) is 9.19. The van der Waals surface area contributed by atoms with E-state index in [9.17, 15) is 4.79 Å². The Hall–Kier alpha value is -2.58. The first-order valence-electron chi connectivity index (χ1n) is 6.35. The summed E-state index contributed by atoms with van der Waals surface area (Å²) in [6.45, 7) is 1.91. The second-order valence-corrected chi connectivity index (χ2v) is 4.78. The van der Waals surface area contributed by atoms with Crippen molar-refractivity contribution in [1.82, 2.24) is 0 Å². The van der Waals surface area contributed by atoms with Crippen molar-refractivity contribution >= 4 is 5.78 Å². The highest BCUT2D eigenvalue weighted by atomic mass is 16.1. The van der Waals surface area contributed by atoms with Crippen LogP contribution in [0.25, 0.3) is 10.4 Å². The molecule has 0 saturated carbocycles. The summed E-state index contributed by atoms with van der Waals surface area (Å²) in [4.78, 5) is 15.6. The number of carbonyl (C=O) groups excluding carboxylic acids is 1. The third-order valence-corrected chi connectivity index (χ3v) is 3.40. The maximum absolute atomic E-state index is 12.8. The van der Waals surface area contributed by atoms with E-state index in [0.717, 1.165) is 5.56 Å². The van der Waals surface area contributed by atoms with Crippen molar-refractivity contribution in [2.45, 2.75) is 12.3 Å². The number of benzene rings is 2. The molecule has 0 aliphatic rings. The van der Waals surface area contributed by atoms with Crippen molar-refractivity contribution in [1.29, 1.82) is 0 Å². The molecule has 2 aromatic carbocycles. The Morgan fingerprint density at radius 1 is 1.10 bits per heavy atom. The maximum Gasteiger partial charge on any atom is 0.173 e. The Morgan fingerprint density at radius 3 is 2.20 bits per heavy atom. The van der Waals surface area contributed by atoms with Crippen LogP contribution in [0.4, 0.5) is 0 Å². The molecule has 0 amide bonds. The van der Waals surface area contributed by atoms with Crippen molar-refractivity contribution in [3.8, 4) is 0 Å². The lowest BCUT2D eigenvalue weighted by Crippen LogP contribution is -2.35. The molecule has 0 saturated heterocycles. The van der Waals surface area contributed by atoms with Gasteiger partial charge in [0.05, 0.1) is 5.41 Å². The van der Waals surface area contributed by atoms with Crippen molar-refractivity contribution < 1.29 is 4.79 Å². The lowest BCUT2D eigenvalue weighted by molar-refractivity contribution is 0.0901. The van der Waals surface area contributed by atoms with Crippen LogP contribution < -0.4 is 0 Å². The summed E-state index contributed by atoms with van der Waals surface area (Å²) in [5.74, 6) is -0.0447. The van der Waals surface area contributed by atoms with Gasteiger partial charge in [-0.15, -0.1) is 0 Å². The van der Waals surface area contributed by atoms with E-state index in [1.165, 1.54) is 0 Å². The molecule has 0 radical (unpaired) electrons. The number of azide groups is 1. The second-order valence-electron chi connectivity index (χ2n) is 4.78. The number of ketones is 1. The molecule has 0 spiro atoms. The van der Waals surface area contributed by atoms with Gasteiger partial charge >= 0.3 is 0 Å². The summed E-state index contributed by atoms with van der Waals surface area (Å²) in [6, 6.07) is 18.5. The topological polar surface area (TPSA) is 65.8 Å². The molecule has 100 valence electrons. The van der Waals surface area contributed by atoms with E-state index >= 15 is 0 Å². The molecule has 0 fully saturated rings. The van der Waals surface area contributed by atoms with Gasteiger partial charge in [0.15, 0.2) is 5.78 Å². The Morgan fingerprint density at radius 2 is 1.65 bits per heavy atom. The quantitative estimate of drug-likeness (QED) is 0.347. The van der Waals surface area contributed by atoms with E-state index < -0.39 is 5.41 Å². The van der Waals surface area contributed by atoms with Crippen LogP contribution in [0.2, 0.25) is 0 Å². The molecule has 1 unspecified atom stereocenters. The molecular weight excluding hydrogens is 250 g/mol. The van der Waals surface area contributed by atoms with Crippen LogP contribution in [-0.2, 0) is 5.41 Å². The molecule has 4 heteroatoms. The Balaban J connectivity index is 2.47. The first-order valence-corrected chi connectivity index (χ1v) is 6.35. The van der Waals surface area contributed by atoms with Crippen molar-refractivity contribution in [2.24, 2.45) is 5.11 Å². The van der Waals surface area contributed by atoms with Gasteiger partial charge < -0.3 is 0 Å². The third kappa shape index (κ3) is 2.71. The summed E-state index contributed by atoms with van der Waals surface area (Å²) < 4.78 is 0. The highest BCUT2D eigenvalue weighted by Gasteiger charge is 2.34. The predicted octanol–water partition coefficient (Wildman–Crippen LogP) is 4.14. The van der Waals surface area contributed by atoms with Crippen LogP contribution in [0.1, 0.15) is 22.8 Å². The van der Waals surface area contributed by atoms with Crippen LogP contribution >= 0.6 is 0 Å². The first-order chi connectivity index (χ1) is 9.68. The Labute approximate surface area is 117 Å². The van der Waals surface area contributed by atoms with Crippen molar-refractivity contribution in [3.63, 3.8) is 0 Å².